The number of aromatic nitrogens is 4. The third-order valence-corrected chi connectivity index (χ3v) is 3.76. The standard InChI is InChI=1S/C10H10ClIN4O5/c11-7-4-8(15-10(12)14-7)16(2-13-4)21-9-6(19)5(18)3(1-17)20-9/h2-3,5-6,9,17-19H,1H2/t3-,5-,6-,9?/m1/s1. The number of halogens is 2. The quantitative estimate of drug-likeness (QED) is 0.322. The summed E-state index contributed by atoms with van der Waals surface area (Å²) in [4.78, 5) is 17.5. The topological polar surface area (TPSA) is 123 Å². The van der Waals surface area contributed by atoms with Crippen LogP contribution in [0.5, 0.6) is 0 Å². The fourth-order valence-electron chi connectivity index (χ4n) is 1.96. The van der Waals surface area contributed by atoms with Crippen LogP contribution in [-0.4, -0.2) is 66.2 Å². The van der Waals surface area contributed by atoms with Crippen molar-refractivity contribution in [1.82, 2.24) is 19.7 Å². The summed E-state index contributed by atoms with van der Waals surface area (Å²) in [5, 5.41) is 28.7. The zero-order chi connectivity index (χ0) is 15.1. The van der Waals surface area contributed by atoms with Crippen LogP contribution in [0.4, 0.5) is 0 Å². The van der Waals surface area contributed by atoms with Crippen LogP contribution >= 0.6 is 34.2 Å². The van der Waals surface area contributed by atoms with Crippen LogP contribution in [0.25, 0.3) is 11.2 Å². The molecule has 3 heterocycles. The Morgan fingerprint density at radius 3 is 2.81 bits per heavy atom. The summed E-state index contributed by atoms with van der Waals surface area (Å²) >= 11 is 7.84. The number of nitrogens with zero attached hydrogens (tertiary/aromatic N) is 4. The fraction of sp³-hybridized carbons (Fsp3) is 0.500. The number of imidazole rings is 1. The van der Waals surface area contributed by atoms with E-state index in [4.69, 9.17) is 26.3 Å². The van der Waals surface area contributed by atoms with Crippen molar-refractivity contribution in [2.45, 2.75) is 24.6 Å². The molecule has 2 aromatic heterocycles. The van der Waals surface area contributed by atoms with E-state index >= 15 is 0 Å². The lowest BCUT2D eigenvalue weighted by Gasteiger charge is -2.16. The van der Waals surface area contributed by atoms with Crippen molar-refractivity contribution in [3.05, 3.63) is 15.3 Å². The molecule has 4 atom stereocenters. The van der Waals surface area contributed by atoms with Gasteiger partial charge in [0.25, 0.3) is 6.29 Å². The Morgan fingerprint density at radius 2 is 2.14 bits per heavy atom. The predicted octanol–water partition coefficient (Wildman–Crippen LogP) is -1.05. The van der Waals surface area contributed by atoms with Crippen LogP contribution in [0.3, 0.4) is 0 Å². The largest absolute Gasteiger partial charge is 0.394 e. The second-order valence-corrected chi connectivity index (χ2v) is 5.66. The van der Waals surface area contributed by atoms with Gasteiger partial charge >= 0.3 is 0 Å². The Kier molecular flexibility index (Phi) is 4.16. The molecule has 0 aromatic carbocycles. The van der Waals surface area contributed by atoms with Crippen LogP contribution in [-0.2, 0) is 4.74 Å². The Labute approximate surface area is 136 Å². The van der Waals surface area contributed by atoms with E-state index in [-0.39, 0.29) is 5.15 Å². The summed E-state index contributed by atoms with van der Waals surface area (Å²) in [7, 11) is 0. The zero-order valence-electron chi connectivity index (χ0n) is 10.3. The molecule has 114 valence electrons. The van der Waals surface area contributed by atoms with E-state index in [0.29, 0.717) is 15.0 Å². The van der Waals surface area contributed by atoms with E-state index in [1.54, 1.807) is 0 Å². The van der Waals surface area contributed by atoms with Crippen LogP contribution in [0.15, 0.2) is 6.33 Å². The Hall–Kier alpha value is -0.790. The average Bonchev–Trinajstić information content (AvgIpc) is 2.96. The normalized spacial score (nSPS) is 29.2. The minimum atomic E-state index is -1.31. The van der Waals surface area contributed by atoms with E-state index in [1.165, 1.54) is 11.1 Å². The van der Waals surface area contributed by atoms with Crippen LogP contribution in [0.1, 0.15) is 0 Å². The summed E-state index contributed by atoms with van der Waals surface area (Å²) in [6.07, 6.45) is -3.33. The monoisotopic (exact) mass is 428 g/mol. The molecular weight excluding hydrogens is 418 g/mol. The van der Waals surface area contributed by atoms with Gasteiger partial charge in [0.1, 0.15) is 30.2 Å². The maximum absolute atomic E-state index is 9.83. The van der Waals surface area contributed by atoms with Crippen molar-refractivity contribution in [3.63, 3.8) is 0 Å². The highest BCUT2D eigenvalue weighted by Crippen LogP contribution is 2.23. The molecule has 1 saturated heterocycles. The first-order valence-electron chi connectivity index (χ1n) is 5.87. The zero-order valence-corrected chi connectivity index (χ0v) is 13.2. The van der Waals surface area contributed by atoms with Gasteiger partial charge in [0.15, 0.2) is 8.98 Å². The van der Waals surface area contributed by atoms with Gasteiger partial charge in [0.05, 0.1) is 6.61 Å². The summed E-state index contributed by atoms with van der Waals surface area (Å²) in [6.45, 7) is -0.436. The molecule has 0 aliphatic carbocycles. The average molecular weight is 429 g/mol. The maximum Gasteiger partial charge on any atom is 0.254 e. The summed E-state index contributed by atoms with van der Waals surface area (Å²) < 4.78 is 6.79. The molecule has 3 rings (SSSR count). The molecular formula is C10H10ClIN4O5. The van der Waals surface area contributed by atoms with Gasteiger partial charge in [-0.05, 0) is 0 Å². The summed E-state index contributed by atoms with van der Waals surface area (Å²) in [6, 6.07) is 0. The lowest BCUT2D eigenvalue weighted by Crippen LogP contribution is -2.38. The highest BCUT2D eigenvalue weighted by molar-refractivity contribution is 14.1. The number of rotatable bonds is 3. The number of fused-ring (bicyclic) bond motifs is 1. The molecule has 1 aliphatic heterocycles. The molecule has 0 saturated carbocycles. The first-order chi connectivity index (χ1) is 10.0. The van der Waals surface area contributed by atoms with Gasteiger partial charge in [-0.1, -0.05) is 11.6 Å². The number of hydrogen-bond donors (Lipinski definition) is 3. The van der Waals surface area contributed by atoms with Crippen LogP contribution in [0.2, 0.25) is 5.15 Å². The molecule has 3 N–H and O–H groups in total. The van der Waals surface area contributed by atoms with Crippen molar-refractivity contribution in [2.75, 3.05) is 6.61 Å². The smallest absolute Gasteiger partial charge is 0.254 e. The molecule has 2 aromatic rings. The lowest BCUT2D eigenvalue weighted by molar-refractivity contribution is -0.169. The highest BCUT2D eigenvalue weighted by atomic mass is 127. The van der Waals surface area contributed by atoms with E-state index in [1.807, 2.05) is 22.6 Å². The van der Waals surface area contributed by atoms with Gasteiger partial charge in [-0.2, -0.15) is 4.98 Å². The van der Waals surface area contributed by atoms with Gasteiger partial charge < -0.3 is 24.9 Å². The van der Waals surface area contributed by atoms with Crippen molar-refractivity contribution < 1.29 is 24.9 Å². The number of aliphatic hydroxyl groups is 3. The Bertz CT molecular complexity index is 670. The second kappa shape index (κ2) is 5.78. The van der Waals surface area contributed by atoms with E-state index in [2.05, 4.69) is 15.0 Å². The van der Waals surface area contributed by atoms with Crippen molar-refractivity contribution in [2.24, 2.45) is 0 Å². The SMILES string of the molecule is OC[C@H]1OC(On2cnc3c(Cl)nc(I)nc32)[C@H](O)[C@@H]1O. The van der Waals surface area contributed by atoms with Gasteiger partial charge in [0.2, 0.25) is 5.65 Å². The van der Waals surface area contributed by atoms with Gasteiger partial charge in [-0.25, -0.2) is 9.97 Å². The third-order valence-electron chi connectivity index (χ3n) is 3.01. The second-order valence-electron chi connectivity index (χ2n) is 4.34. The lowest BCUT2D eigenvalue weighted by atomic mass is 10.1. The van der Waals surface area contributed by atoms with Crippen LogP contribution in [0, 0.1) is 3.83 Å². The van der Waals surface area contributed by atoms with E-state index in [9.17, 15) is 10.2 Å². The molecule has 0 bridgehead atoms. The van der Waals surface area contributed by atoms with Crippen molar-refractivity contribution >= 4 is 45.4 Å². The fourth-order valence-corrected chi connectivity index (χ4v) is 2.79. The van der Waals surface area contributed by atoms with Crippen LogP contribution < -0.4 is 4.84 Å². The first kappa shape index (κ1) is 15.1. The molecule has 9 nitrogen and oxygen atoms in total. The van der Waals surface area contributed by atoms with Gasteiger partial charge in [-0.3, -0.25) is 0 Å². The van der Waals surface area contributed by atoms with E-state index < -0.39 is 31.2 Å². The molecule has 21 heavy (non-hydrogen) atoms. The third kappa shape index (κ3) is 2.66. The summed E-state index contributed by atoms with van der Waals surface area (Å²) in [5.41, 5.74) is 0.640. The number of ether oxygens (including phenoxy) is 1. The van der Waals surface area contributed by atoms with Gasteiger partial charge in [-0.15, -0.1) is 4.73 Å². The molecule has 0 radical (unpaired) electrons. The first-order valence-corrected chi connectivity index (χ1v) is 7.32. The number of hydrogen-bond acceptors (Lipinski definition) is 8. The number of aliphatic hydroxyl groups excluding tert-OH is 3. The predicted molar refractivity (Wildman–Crippen MR) is 77.4 cm³/mol. The molecule has 1 fully saturated rings. The maximum atomic E-state index is 9.83. The Morgan fingerprint density at radius 1 is 1.38 bits per heavy atom. The molecule has 0 spiro atoms. The molecule has 11 heteroatoms. The highest BCUT2D eigenvalue weighted by Gasteiger charge is 2.44. The van der Waals surface area contributed by atoms with Gasteiger partial charge in [0, 0.05) is 22.6 Å². The molecule has 1 aliphatic rings. The molecule has 1 unspecified atom stereocenters. The summed E-state index contributed by atoms with van der Waals surface area (Å²) in [5.74, 6) is 0. The Balaban J connectivity index is 1.89. The van der Waals surface area contributed by atoms with Crippen molar-refractivity contribution in [1.29, 1.82) is 0 Å². The minimum Gasteiger partial charge on any atom is -0.394 e. The van der Waals surface area contributed by atoms with Crippen molar-refractivity contribution in [3.8, 4) is 0 Å². The minimum absolute atomic E-state index is 0.174. The molecule has 0 amide bonds. The van der Waals surface area contributed by atoms with E-state index in [0.717, 1.165) is 0 Å².